The fraction of sp³-hybridized carbons (Fsp3) is 0. The van der Waals surface area contributed by atoms with Gasteiger partial charge in [0, 0.05) is 6.07 Å². The number of rotatable bonds is 4. The van der Waals surface area contributed by atoms with E-state index in [2.05, 4.69) is 0 Å². The van der Waals surface area contributed by atoms with E-state index in [1.54, 1.807) is 12.1 Å². The van der Waals surface area contributed by atoms with E-state index < -0.39 is 0 Å². The van der Waals surface area contributed by atoms with Crippen LogP contribution in [0.3, 0.4) is 0 Å². The van der Waals surface area contributed by atoms with Gasteiger partial charge in [0.2, 0.25) is 0 Å². The molecule has 104 valence electrons. The predicted molar refractivity (Wildman–Crippen MR) is 81.1 cm³/mol. The Morgan fingerprint density at radius 3 is 1.67 bits per heavy atom. The van der Waals surface area contributed by atoms with Crippen LogP contribution in [0.1, 0.15) is 0 Å². The molecule has 0 radical (unpaired) electrons. The molecule has 3 rings (SSSR count). The maximum absolute atomic E-state index is 9.65. The van der Waals surface area contributed by atoms with Crippen molar-refractivity contribution in [3.05, 3.63) is 78.9 Å². The van der Waals surface area contributed by atoms with Crippen molar-refractivity contribution < 1.29 is 14.6 Å². The van der Waals surface area contributed by atoms with Crippen LogP contribution in [0.4, 0.5) is 0 Å². The summed E-state index contributed by atoms with van der Waals surface area (Å²) in [5, 5.41) is 9.65. The highest BCUT2D eigenvalue weighted by atomic mass is 16.5. The standard InChI is InChI=1S/C18H14O3/c19-14-11-12-17(20-15-7-3-1-4-8-15)18(13-14)21-16-9-5-2-6-10-16/h1-13,19H. The van der Waals surface area contributed by atoms with Gasteiger partial charge in [-0.25, -0.2) is 0 Å². The fourth-order valence-electron chi connectivity index (χ4n) is 1.89. The summed E-state index contributed by atoms with van der Waals surface area (Å²) >= 11 is 0. The molecule has 0 fully saturated rings. The molecule has 0 spiro atoms. The molecule has 0 amide bonds. The summed E-state index contributed by atoms with van der Waals surface area (Å²) in [6.07, 6.45) is 0. The van der Waals surface area contributed by atoms with Crippen molar-refractivity contribution in [1.29, 1.82) is 0 Å². The summed E-state index contributed by atoms with van der Waals surface area (Å²) in [5.41, 5.74) is 0. The zero-order valence-electron chi connectivity index (χ0n) is 11.3. The van der Waals surface area contributed by atoms with E-state index in [-0.39, 0.29) is 5.75 Å². The molecule has 3 aromatic carbocycles. The molecule has 0 unspecified atom stereocenters. The van der Waals surface area contributed by atoms with Gasteiger partial charge in [0.25, 0.3) is 0 Å². The maximum Gasteiger partial charge on any atom is 0.173 e. The smallest absolute Gasteiger partial charge is 0.173 e. The van der Waals surface area contributed by atoms with Gasteiger partial charge in [-0.15, -0.1) is 0 Å². The summed E-state index contributed by atoms with van der Waals surface area (Å²) in [7, 11) is 0. The lowest BCUT2D eigenvalue weighted by molar-refractivity contribution is 0.410. The predicted octanol–water partition coefficient (Wildman–Crippen LogP) is 4.98. The lowest BCUT2D eigenvalue weighted by Gasteiger charge is -2.12. The van der Waals surface area contributed by atoms with Gasteiger partial charge in [0.05, 0.1) is 0 Å². The number of aromatic hydroxyl groups is 1. The third kappa shape index (κ3) is 3.34. The number of hydrogen-bond donors (Lipinski definition) is 1. The topological polar surface area (TPSA) is 38.7 Å². The van der Waals surface area contributed by atoms with Crippen molar-refractivity contribution in [2.24, 2.45) is 0 Å². The minimum atomic E-state index is 0.126. The Kier molecular flexibility index (Phi) is 3.74. The molecule has 0 aliphatic rings. The second-order valence-corrected chi connectivity index (χ2v) is 4.46. The average Bonchev–Trinajstić information content (AvgIpc) is 2.52. The molecule has 0 aliphatic carbocycles. The van der Waals surface area contributed by atoms with Crippen LogP contribution in [0.2, 0.25) is 0 Å². The fourth-order valence-corrected chi connectivity index (χ4v) is 1.89. The lowest BCUT2D eigenvalue weighted by atomic mass is 10.3. The quantitative estimate of drug-likeness (QED) is 0.731. The molecule has 1 N–H and O–H groups in total. The van der Waals surface area contributed by atoms with Crippen molar-refractivity contribution in [3.8, 4) is 28.7 Å². The average molecular weight is 278 g/mol. The summed E-state index contributed by atoms with van der Waals surface area (Å²) in [4.78, 5) is 0. The van der Waals surface area contributed by atoms with Crippen LogP contribution in [-0.4, -0.2) is 5.11 Å². The second-order valence-electron chi connectivity index (χ2n) is 4.46. The minimum absolute atomic E-state index is 0.126. The van der Waals surface area contributed by atoms with E-state index >= 15 is 0 Å². The van der Waals surface area contributed by atoms with E-state index in [0.29, 0.717) is 23.0 Å². The molecular formula is C18H14O3. The van der Waals surface area contributed by atoms with Gasteiger partial charge in [-0.3, -0.25) is 0 Å². The molecule has 0 atom stereocenters. The second kappa shape index (κ2) is 6.01. The highest BCUT2D eigenvalue weighted by Crippen LogP contribution is 2.37. The van der Waals surface area contributed by atoms with Crippen molar-refractivity contribution in [1.82, 2.24) is 0 Å². The SMILES string of the molecule is Oc1ccc(Oc2ccccc2)c(Oc2ccccc2)c1. The first-order chi connectivity index (χ1) is 10.3. The van der Waals surface area contributed by atoms with Crippen LogP contribution >= 0.6 is 0 Å². The Hall–Kier alpha value is -2.94. The van der Waals surface area contributed by atoms with Gasteiger partial charge in [0.1, 0.15) is 17.2 Å². The zero-order chi connectivity index (χ0) is 14.5. The first kappa shape index (κ1) is 13.1. The van der Waals surface area contributed by atoms with E-state index in [1.807, 2.05) is 60.7 Å². The van der Waals surface area contributed by atoms with Gasteiger partial charge in [0.15, 0.2) is 11.5 Å². The Labute approximate surface area is 123 Å². The number of hydrogen-bond acceptors (Lipinski definition) is 3. The van der Waals surface area contributed by atoms with E-state index in [9.17, 15) is 5.11 Å². The van der Waals surface area contributed by atoms with E-state index in [4.69, 9.17) is 9.47 Å². The molecule has 0 bridgehead atoms. The van der Waals surface area contributed by atoms with Crippen LogP contribution in [0.5, 0.6) is 28.7 Å². The molecule has 3 aromatic rings. The molecule has 3 heteroatoms. The zero-order valence-corrected chi connectivity index (χ0v) is 11.3. The van der Waals surface area contributed by atoms with Gasteiger partial charge in [-0.05, 0) is 36.4 Å². The minimum Gasteiger partial charge on any atom is -0.508 e. The molecule has 21 heavy (non-hydrogen) atoms. The summed E-state index contributed by atoms with van der Waals surface area (Å²) < 4.78 is 11.6. The lowest BCUT2D eigenvalue weighted by Crippen LogP contribution is -1.90. The summed E-state index contributed by atoms with van der Waals surface area (Å²) in [6.45, 7) is 0. The highest BCUT2D eigenvalue weighted by molar-refractivity contribution is 5.49. The molecule has 3 nitrogen and oxygen atoms in total. The summed E-state index contributed by atoms with van der Waals surface area (Å²) in [5.74, 6) is 2.52. The monoisotopic (exact) mass is 278 g/mol. The van der Waals surface area contributed by atoms with Crippen LogP contribution in [0.15, 0.2) is 78.9 Å². The Bertz CT molecular complexity index is 709. The number of para-hydroxylation sites is 2. The molecule has 0 saturated carbocycles. The highest BCUT2D eigenvalue weighted by Gasteiger charge is 2.09. The van der Waals surface area contributed by atoms with Crippen LogP contribution in [0, 0.1) is 0 Å². The molecular weight excluding hydrogens is 264 g/mol. The third-order valence-electron chi connectivity index (χ3n) is 2.87. The number of phenols is 1. The van der Waals surface area contributed by atoms with Gasteiger partial charge in [-0.1, -0.05) is 36.4 Å². The largest absolute Gasteiger partial charge is 0.508 e. The van der Waals surface area contributed by atoms with E-state index in [1.165, 1.54) is 6.07 Å². The maximum atomic E-state index is 9.65. The van der Waals surface area contributed by atoms with Crippen LogP contribution in [-0.2, 0) is 0 Å². The summed E-state index contributed by atoms with van der Waals surface area (Å²) in [6, 6.07) is 23.6. The number of phenolic OH excluding ortho intramolecular Hbond substituents is 1. The van der Waals surface area contributed by atoms with Crippen molar-refractivity contribution in [3.63, 3.8) is 0 Å². The first-order valence-corrected chi connectivity index (χ1v) is 6.60. The molecule has 0 aromatic heterocycles. The molecule has 0 saturated heterocycles. The molecule has 0 aliphatic heterocycles. The Morgan fingerprint density at radius 2 is 1.10 bits per heavy atom. The first-order valence-electron chi connectivity index (χ1n) is 6.60. The van der Waals surface area contributed by atoms with Crippen molar-refractivity contribution in [2.75, 3.05) is 0 Å². The number of benzene rings is 3. The Balaban J connectivity index is 1.90. The van der Waals surface area contributed by atoms with Gasteiger partial charge >= 0.3 is 0 Å². The van der Waals surface area contributed by atoms with Crippen molar-refractivity contribution in [2.45, 2.75) is 0 Å². The number of ether oxygens (including phenoxy) is 2. The van der Waals surface area contributed by atoms with Gasteiger partial charge in [-0.2, -0.15) is 0 Å². The third-order valence-corrected chi connectivity index (χ3v) is 2.87. The van der Waals surface area contributed by atoms with Gasteiger partial charge < -0.3 is 14.6 Å². The van der Waals surface area contributed by atoms with Crippen LogP contribution in [0.25, 0.3) is 0 Å². The van der Waals surface area contributed by atoms with Crippen LogP contribution < -0.4 is 9.47 Å². The molecule has 0 heterocycles. The van der Waals surface area contributed by atoms with E-state index in [0.717, 1.165) is 0 Å². The van der Waals surface area contributed by atoms with Crippen molar-refractivity contribution >= 4 is 0 Å². The Morgan fingerprint density at radius 1 is 0.571 bits per heavy atom. The normalized spacial score (nSPS) is 10.1.